The maximum Gasteiger partial charge on any atom is 0.259 e. The van der Waals surface area contributed by atoms with Gasteiger partial charge in [0.15, 0.2) is 0 Å². The van der Waals surface area contributed by atoms with Gasteiger partial charge in [-0.1, -0.05) is 72.6 Å². The number of rotatable bonds is 6. The molecule has 49 heavy (non-hydrogen) atoms. The number of hydrogen-bond acceptors (Lipinski definition) is 7. The molecule has 2 aromatic carbocycles. The second-order valence-electron chi connectivity index (χ2n) is 14.2. The van der Waals surface area contributed by atoms with Gasteiger partial charge in [-0.15, -0.1) is 6.58 Å². The van der Waals surface area contributed by atoms with Crippen molar-refractivity contribution in [1.82, 2.24) is 14.9 Å². The van der Waals surface area contributed by atoms with Crippen LogP contribution < -0.4 is 10.0 Å². The fraction of sp³-hybridized carbons (Fsp3) is 0.474. The minimum atomic E-state index is -3.82. The van der Waals surface area contributed by atoms with Gasteiger partial charge in [-0.3, -0.25) is 19.1 Å². The van der Waals surface area contributed by atoms with Crippen molar-refractivity contribution < 1.29 is 27.6 Å². The highest BCUT2D eigenvalue weighted by atomic mass is 32.2. The Bertz CT molecular complexity index is 1850. The Hall–Kier alpha value is -4.25. The second kappa shape index (κ2) is 13.2. The first-order valence-corrected chi connectivity index (χ1v) is 19.1. The molecule has 2 aromatic rings. The topological polar surface area (TPSA) is 134 Å². The molecule has 3 fully saturated rings. The van der Waals surface area contributed by atoms with Crippen LogP contribution in [0.1, 0.15) is 80.9 Å². The van der Waals surface area contributed by atoms with Crippen LogP contribution in [-0.2, 0) is 29.2 Å². The number of benzene rings is 2. The minimum absolute atomic E-state index is 0.146. The van der Waals surface area contributed by atoms with Crippen LogP contribution in [0.4, 0.5) is 0 Å². The van der Waals surface area contributed by atoms with E-state index in [1.165, 1.54) is 0 Å². The summed E-state index contributed by atoms with van der Waals surface area (Å²) < 4.78 is 27.4. The van der Waals surface area contributed by atoms with Gasteiger partial charge in [-0.05, 0) is 74.1 Å². The molecule has 5 aliphatic rings. The lowest BCUT2D eigenvalue weighted by atomic mass is 9.93. The van der Waals surface area contributed by atoms with Crippen LogP contribution in [0.15, 0.2) is 66.4 Å². The molecule has 11 heteroatoms. The Labute approximate surface area is 288 Å². The van der Waals surface area contributed by atoms with Crippen molar-refractivity contribution in [3.8, 4) is 11.1 Å². The molecule has 1 heterocycles. The average molecular weight is 685 g/mol. The first kappa shape index (κ1) is 33.3. The molecule has 5 atom stereocenters. The normalized spacial score (nSPS) is 29.9. The maximum absolute atomic E-state index is 14.1. The molecule has 10 nitrogen and oxygen atoms in total. The SMILES string of the molecule is C=C[C@H]1C[C@]1(NC(=O)[C@@H]1C[C@@H]2C[C@H]1C(=O)N(C)CCCCCC/C=C/c1ccc3c(c1)/C(=N/O2)c1ccccc1-3)C(=O)NS(=O)(=O)C1CC1. The van der Waals surface area contributed by atoms with Gasteiger partial charge in [0.1, 0.15) is 17.4 Å². The van der Waals surface area contributed by atoms with Crippen molar-refractivity contribution in [2.45, 2.75) is 81.1 Å². The first-order valence-electron chi connectivity index (χ1n) is 17.5. The van der Waals surface area contributed by atoms with E-state index >= 15 is 0 Å². The molecule has 0 spiro atoms. The van der Waals surface area contributed by atoms with E-state index in [0.717, 1.165) is 59.9 Å². The van der Waals surface area contributed by atoms with Gasteiger partial charge < -0.3 is 15.1 Å². The van der Waals surface area contributed by atoms with Crippen molar-refractivity contribution in [3.63, 3.8) is 0 Å². The van der Waals surface area contributed by atoms with E-state index in [0.29, 0.717) is 25.1 Å². The van der Waals surface area contributed by atoms with E-state index < -0.39 is 56.5 Å². The van der Waals surface area contributed by atoms with Crippen molar-refractivity contribution in [2.24, 2.45) is 22.9 Å². The monoisotopic (exact) mass is 684 g/mol. The molecule has 1 aliphatic heterocycles. The first-order chi connectivity index (χ1) is 23.6. The molecule has 258 valence electrons. The lowest BCUT2D eigenvalue weighted by molar-refractivity contribution is -0.140. The predicted molar refractivity (Wildman–Crippen MR) is 188 cm³/mol. The van der Waals surface area contributed by atoms with E-state index in [4.69, 9.17) is 9.99 Å². The zero-order valence-corrected chi connectivity index (χ0v) is 28.7. The predicted octanol–water partition coefficient (Wildman–Crippen LogP) is 4.94. The number of hydrogen-bond donors (Lipinski definition) is 2. The largest absolute Gasteiger partial charge is 0.392 e. The Kier molecular flexibility index (Phi) is 8.98. The fourth-order valence-corrected chi connectivity index (χ4v) is 9.00. The molecule has 3 saturated carbocycles. The zero-order chi connectivity index (χ0) is 34.3. The average Bonchev–Trinajstić information content (AvgIpc) is 4.00. The van der Waals surface area contributed by atoms with E-state index in [-0.39, 0.29) is 25.2 Å². The van der Waals surface area contributed by atoms with Gasteiger partial charge in [-0.2, -0.15) is 0 Å². The van der Waals surface area contributed by atoms with E-state index in [1.807, 2.05) is 18.2 Å². The summed E-state index contributed by atoms with van der Waals surface area (Å²) in [5, 5.41) is 7.00. The Morgan fingerprint density at radius 3 is 2.53 bits per heavy atom. The Morgan fingerprint density at radius 2 is 1.78 bits per heavy atom. The number of sulfonamides is 1. The van der Waals surface area contributed by atoms with Crippen molar-refractivity contribution >= 4 is 39.5 Å². The summed E-state index contributed by atoms with van der Waals surface area (Å²) >= 11 is 0. The van der Waals surface area contributed by atoms with E-state index in [2.05, 4.69) is 53.0 Å². The summed E-state index contributed by atoms with van der Waals surface area (Å²) in [6.45, 7) is 4.37. The van der Waals surface area contributed by atoms with Crippen LogP contribution in [0.3, 0.4) is 0 Å². The van der Waals surface area contributed by atoms with Crippen LogP contribution in [-0.4, -0.2) is 67.2 Å². The number of nitrogens with one attached hydrogen (secondary N) is 2. The Balaban J connectivity index is 1.17. The van der Waals surface area contributed by atoms with Gasteiger partial charge in [0.25, 0.3) is 5.91 Å². The summed E-state index contributed by atoms with van der Waals surface area (Å²) in [6.07, 6.45) is 12.1. The number of amides is 3. The number of nitrogens with zero attached hydrogens (tertiary/aromatic N) is 2. The van der Waals surface area contributed by atoms with Gasteiger partial charge in [0.2, 0.25) is 21.8 Å². The Morgan fingerprint density at radius 1 is 1.02 bits per heavy atom. The van der Waals surface area contributed by atoms with Gasteiger partial charge in [0.05, 0.1) is 17.1 Å². The number of fused-ring (bicyclic) bond motifs is 6. The van der Waals surface area contributed by atoms with Crippen molar-refractivity contribution in [1.29, 1.82) is 0 Å². The molecule has 0 radical (unpaired) electrons. The molecule has 7 rings (SSSR count). The summed E-state index contributed by atoms with van der Waals surface area (Å²) in [6, 6.07) is 14.4. The minimum Gasteiger partial charge on any atom is -0.392 e. The molecule has 0 aromatic heterocycles. The zero-order valence-electron chi connectivity index (χ0n) is 27.9. The summed E-state index contributed by atoms with van der Waals surface area (Å²) in [7, 11) is -2.05. The lowest BCUT2D eigenvalue weighted by Crippen LogP contribution is -2.54. The van der Waals surface area contributed by atoms with E-state index in [9.17, 15) is 22.8 Å². The van der Waals surface area contributed by atoms with E-state index in [1.54, 1.807) is 18.0 Å². The molecular formula is C38H44N4O6S. The second-order valence-corrected chi connectivity index (χ2v) is 16.2. The van der Waals surface area contributed by atoms with Gasteiger partial charge in [-0.25, -0.2) is 8.42 Å². The summed E-state index contributed by atoms with van der Waals surface area (Å²) in [4.78, 5) is 49.3. The number of carbonyl (C=O) groups excluding carboxylic acids is 3. The van der Waals surface area contributed by atoms with Crippen LogP contribution in [0, 0.1) is 17.8 Å². The highest BCUT2D eigenvalue weighted by Crippen LogP contribution is 2.47. The van der Waals surface area contributed by atoms with Crippen molar-refractivity contribution in [3.05, 3.63) is 77.9 Å². The molecule has 3 amide bonds. The summed E-state index contributed by atoms with van der Waals surface area (Å²) in [5.41, 5.74) is 4.46. The fourth-order valence-electron chi connectivity index (χ4n) is 7.64. The van der Waals surface area contributed by atoms with Crippen LogP contribution in [0.2, 0.25) is 0 Å². The molecule has 0 unspecified atom stereocenters. The van der Waals surface area contributed by atoms with Gasteiger partial charge in [0, 0.05) is 30.6 Å². The number of oxime groups is 1. The third-order valence-electron chi connectivity index (χ3n) is 10.8. The quantitative estimate of drug-likeness (QED) is 0.354. The molecular weight excluding hydrogens is 641 g/mol. The van der Waals surface area contributed by atoms with Crippen LogP contribution in [0.5, 0.6) is 0 Å². The highest BCUT2D eigenvalue weighted by Gasteiger charge is 2.62. The molecule has 4 bridgehead atoms. The third-order valence-corrected chi connectivity index (χ3v) is 12.6. The number of carbonyl (C=O) groups is 3. The number of allylic oxidation sites excluding steroid dienone is 1. The smallest absolute Gasteiger partial charge is 0.259 e. The highest BCUT2D eigenvalue weighted by molar-refractivity contribution is 7.91. The third kappa shape index (κ3) is 6.57. The van der Waals surface area contributed by atoms with Crippen LogP contribution in [0.25, 0.3) is 17.2 Å². The standard InChI is InChI=1S/C38H44N4O6S/c1-3-25-23-38(25,37(45)41-49(46,47)27-16-17-27)39-35(43)32-21-26-22-33(32)36(44)42(2)19-11-7-5-4-6-8-12-24-15-18-29-28-13-9-10-14-30(28)34(40-48-26)31(29)20-24/h3,8-10,12-15,18,20,25-27,32-33H,1,4-7,11,16-17,19,21-23H2,2H3,(H,39,43)(H,41,45)/b12-8+,40-34+/t25-,26+,32+,33+,38+/m0/s1. The van der Waals surface area contributed by atoms with Gasteiger partial charge >= 0.3 is 0 Å². The molecule has 4 aliphatic carbocycles. The summed E-state index contributed by atoms with van der Waals surface area (Å²) in [5.74, 6) is -3.27. The van der Waals surface area contributed by atoms with Crippen molar-refractivity contribution in [2.75, 3.05) is 13.6 Å². The lowest BCUT2D eigenvalue weighted by Gasteiger charge is -2.26. The molecule has 2 N–H and O–H groups in total. The van der Waals surface area contributed by atoms with Crippen LogP contribution >= 0.6 is 0 Å². The maximum atomic E-state index is 14.1. The molecule has 0 saturated heterocycles.